The average molecular weight is 326 g/mol. The van der Waals surface area contributed by atoms with Crippen molar-refractivity contribution in [1.82, 2.24) is 4.90 Å². The maximum atomic E-state index is 6.13. The Hall–Kier alpha value is -1.68. The third-order valence-corrected chi connectivity index (χ3v) is 5.30. The van der Waals surface area contributed by atoms with Crippen molar-refractivity contribution >= 4 is 23.4 Å². The summed E-state index contributed by atoms with van der Waals surface area (Å²) in [6.07, 6.45) is 13.1. The minimum absolute atomic E-state index is 0.404. The molecule has 4 heteroatoms. The van der Waals surface area contributed by atoms with Crippen LogP contribution in [0.4, 0.5) is 0 Å². The van der Waals surface area contributed by atoms with Crippen LogP contribution in [-0.2, 0) is 0 Å². The highest BCUT2D eigenvalue weighted by Crippen LogP contribution is 2.29. The summed E-state index contributed by atoms with van der Waals surface area (Å²) in [5, 5.41) is 0. The predicted octanol–water partition coefficient (Wildman–Crippen LogP) is 4.67. The van der Waals surface area contributed by atoms with Gasteiger partial charge in [-0.05, 0) is 67.5 Å². The first-order valence-corrected chi connectivity index (χ1v) is 9.47. The van der Waals surface area contributed by atoms with Gasteiger partial charge >= 0.3 is 0 Å². The number of hydrogen-bond acceptors (Lipinski definition) is 4. The van der Waals surface area contributed by atoms with Gasteiger partial charge in [0.1, 0.15) is 11.6 Å². The Morgan fingerprint density at radius 1 is 1.09 bits per heavy atom. The molecular weight excluding hydrogens is 304 g/mol. The molecule has 4 rings (SSSR count). The quantitative estimate of drug-likeness (QED) is 0.755. The molecule has 1 aliphatic carbocycles. The Balaban J connectivity index is 1.50. The maximum absolute atomic E-state index is 6.13. The lowest BCUT2D eigenvalue weighted by atomic mass is 9.97. The van der Waals surface area contributed by atoms with Crippen LogP contribution < -0.4 is 4.74 Å². The topological polar surface area (TPSA) is 24.8 Å². The van der Waals surface area contributed by atoms with Crippen LogP contribution in [0.3, 0.4) is 0 Å². The second kappa shape index (κ2) is 6.83. The van der Waals surface area contributed by atoms with Gasteiger partial charge in [-0.15, -0.1) is 0 Å². The Labute approximate surface area is 142 Å². The number of ether oxygens (including phenoxy) is 1. The first kappa shape index (κ1) is 14.9. The molecule has 0 amide bonds. The van der Waals surface area contributed by atoms with E-state index in [4.69, 9.17) is 4.74 Å². The van der Waals surface area contributed by atoms with Crippen molar-refractivity contribution in [3.05, 3.63) is 48.2 Å². The monoisotopic (exact) mass is 326 g/mol. The predicted molar refractivity (Wildman–Crippen MR) is 97.7 cm³/mol. The van der Waals surface area contributed by atoms with Gasteiger partial charge in [0.05, 0.1) is 6.10 Å². The van der Waals surface area contributed by atoms with E-state index < -0.39 is 0 Å². The molecule has 23 heavy (non-hydrogen) atoms. The van der Waals surface area contributed by atoms with Crippen molar-refractivity contribution in [3.8, 4) is 5.75 Å². The van der Waals surface area contributed by atoms with Crippen LogP contribution in [-0.4, -0.2) is 29.1 Å². The van der Waals surface area contributed by atoms with Gasteiger partial charge in [0, 0.05) is 24.1 Å². The van der Waals surface area contributed by atoms with E-state index in [9.17, 15) is 0 Å². The van der Waals surface area contributed by atoms with E-state index in [-0.39, 0.29) is 0 Å². The molecule has 120 valence electrons. The summed E-state index contributed by atoms with van der Waals surface area (Å²) in [5.74, 6) is 3.11. The fourth-order valence-electron chi connectivity index (χ4n) is 3.38. The third kappa shape index (κ3) is 3.32. The zero-order chi connectivity index (χ0) is 15.5. The van der Waals surface area contributed by atoms with E-state index in [2.05, 4.69) is 51.9 Å². The Morgan fingerprint density at radius 3 is 2.74 bits per heavy atom. The zero-order valence-electron chi connectivity index (χ0n) is 13.3. The summed E-state index contributed by atoms with van der Waals surface area (Å²) < 4.78 is 10.8. The summed E-state index contributed by atoms with van der Waals surface area (Å²) >= 11 is 1.65. The maximum Gasteiger partial charge on any atom is 0.148 e. The van der Waals surface area contributed by atoms with Crippen molar-refractivity contribution in [3.63, 3.8) is 0 Å². The van der Waals surface area contributed by atoms with Gasteiger partial charge in [-0.25, -0.2) is 0 Å². The molecule has 0 atom stereocenters. The molecule has 1 saturated carbocycles. The van der Waals surface area contributed by atoms with Crippen LogP contribution in [0.25, 0.3) is 5.57 Å². The molecule has 2 aliphatic heterocycles. The van der Waals surface area contributed by atoms with Gasteiger partial charge in [0.15, 0.2) is 0 Å². The molecule has 1 fully saturated rings. The van der Waals surface area contributed by atoms with Crippen LogP contribution in [0.15, 0.2) is 47.0 Å². The molecule has 2 heterocycles. The fourth-order valence-corrected chi connectivity index (χ4v) is 4.08. The highest BCUT2D eigenvalue weighted by atomic mass is 32.2. The molecule has 1 aromatic carbocycles. The number of hydrogen-bond donors (Lipinski definition) is 0. The highest BCUT2D eigenvalue weighted by molar-refractivity contribution is 7.98. The van der Waals surface area contributed by atoms with Gasteiger partial charge < -0.3 is 9.64 Å². The minimum atomic E-state index is 0.404. The molecule has 0 saturated heterocycles. The molecule has 0 bridgehead atoms. The van der Waals surface area contributed by atoms with Crippen molar-refractivity contribution in [2.75, 3.05) is 12.3 Å². The molecule has 0 aromatic heterocycles. The third-order valence-electron chi connectivity index (χ3n) is 4.64. The largest absolute Gasteiger partial charge is 0.490 e. The molecular formula is C19H22N2OS. The number of allylic oxidation sites excluding steroid dienone is 2. The van der Waals surface area contributed by atoms with Crippen LogP contribution in [0.1, 0.15) is 37.7 Å². The van der Waals surface area contributed by atoms with Crippen LogP contribution in [0, 0.1) is 0 Å². The summed E-state index contributed by atoms with van der Waals surface area (Å²) in [4.78, 5) is 2.23. The molecule has 0 N–H and O–H groups in total. The molecule has 0 spiro atoms. The Bertz CT molecular complexity index is 642. The van der Waals surface area contributed by atoms with Crippen LogP contribution >= 0.6 is 11.9 Å². The van der Waals surface area contributed by atoms with E-state index >= 15 is 0 Å². The van der Waals surface area contributed by atoms with Gasteiger partial charge in [-0.1, -0.05) is 18.6 Å². The lowest BCUT2D eigenvalue weighted by molar-refractivity contribution is 0.155. The summed E-state index contributed by atoms with van der Waals surface area (Å²) in [6, 6.07) is 8.51. The standard InChI is InChI=1S/C19H22N2OS/c1-2-5-16(6-3-1)22-17-10-8-15(9-11-17)18-7-4-12-21-13-14-23-20-19(18)21/h4,7-12,16H,1-3,5-6,13-14H2. The van der Waals surface area contributed by atoms with Gasteiger partial charge in [0.2, 0.25) is 0 Å². The van der Waals surface area contributed by atoms with E-state index in [0.717, 1.165) is 23.9 Å². The number of nitrogens with zero attached hydrogens (tertiary/aromatic N) is 2. The molecule has 0 unspecified atom stereocenters. The number of benzene rings is 1. The number of amidine groups is 1. The normalized spacial score (nSPS) is 21.5. The number of rotatable bonds is 3. The molecule has 1 aromatic rings. The van der Waals surface area contributed by atoms with Gasteiger partial charge in [-0.2, -0.15) is 4.40 Å². The lowest BCUT2D eigenvalue weighted by Gasteiger charge is -2.29. The van der Waals surface area contributed by atoms with Gasteiger partial charge in [-0.3, -0.25) is 0 Å². The van der Waals surface area contributed by atoms with Gasteiger partial charge in [0.25, 0.3) is 0 Å². The average Bonchev–Trinajstić information content (AvgIpc) is 2.63. The Kier molecular flexibility index (Phi) is 4.42. The number of fused-ring (bicyclic) bond motifs is 1. The van der Waals surface area contributed by atoms with Crippen LogP contribution in [0.5, 0.6) is 5.75 Å². The van der Waals surface area contributed by atoms with E-state index in [0.29, 0.717) is 6.10 Å². The zero-order valence-corrected chi connectivity index (χ0v) is 14.1. The van der Waals surface area contributed by atoms with Crippen LogP contribution in [0.2, 0.25) is 0 Å². The summed E-state index contributed by atoms with van der Waals surface area (Å²) in [7, 11) is 0. The second-order valence-electron chi connectivity index (χ2n) is 6.27. The molecule has 3 nitrogen and oxygen atoms in total. The summed E-state index contributed by atoms with van der Waals surface area (Å²) in [6.45, 7) is 1.03. The van der Waals surface area contributed by atoms with Crippen molar-refractivity contribution in [1.29, 1.82) is 0 Å². The smallest absolute Gasteiger partial charge is 0.148 e. The molecule has 3 aliphatic rings. The van der Waals surface area contributed by atoms with Crippen molar-refractivity contribution in [2.45, 2.75) is 38.2 Å². The first-order chi connectivity index (χ1) is 11.4. The Morgan fingerprint density at radius 2 is 1.91 bits per heavy atom. The van der Waals surface area contributed by atoms with Crippen molar-refractivity contribution < 1.29 is 4.74 Å². The second-order valence-corrected chi connectivity index (χ2v) is 7.11. The first-order valence-electron chi connectivity index (χ1n) is 8.53. The lowest BCUT2D eigenvalue weighted by Crippen LogP contribution is -2.32. The van der Waals surface area contributed by atoms with E-state index in [1.54, 1.807) is 11.9 Å². The van der Waals surface area contributed by atoms with Crippen molar-refractivity contribution in [2.24, 2.45) is 4.40 Å². The van der Waals surface area contributed by atoms with E-state index in [1.165, 1.54) is 43.2 Å². The highest BCUT2D eigenvalue weighted by Gasteiger charge is 2.21. The van der Waals surface area contributed by atoms with E-state index in [1.807, 2.05) is 0 Å². The minimum Gasteiger partial charge on any atom is -0.490 e. The summed E-state index contributed by atoms with van der Waals surface area (Å²) in [5.41, 5.74) is 2.40. The molecule has 0 radical (unpaired) electrons. The SMILES string of the molecule is C1=CN2CCSN=C2C(c2ccc(OC3CCCCC3)cc2)=C1. The fraction of sp³-hybridized carbons (Fsp3) is 0.421.